The summed E-state index contributed by atoms with van der Waals surface area (Å²) in [5, 5.41) is 0. The minimum Gasteiger partial charge on any atom is -0.457 e. The van der Waals surface area contributed by atoms with E-state index >= 15 is 0 Å². The molecule has 18 heavy (non-hydrogen) atoms. The molecule has 2 aromatic rings. The SMILES string of the molecule is CC(=O)Cc1cc(F)ccc1Oc1ccccc1. The van der Waals surface area contributed by atoms with E-state index in [9.17, 15) is 9.18 Å². The van der Waals surface area contributed by atoms with Crippen LogP contribution in [0.15, 0.2) is 48.5 Å². The zero-order valence-corrected chi connectivity index (χ0v) is 10.0. The monoisotopic (exact) mass is 244 g/mol. The molecule has 2 rings (SSSR count). The van der Waals surface area contributed by atoms with E-state index in [1.165, 1.54) is 19.1 Å². The number of Topliss-reactive ketones (excluding diaryl/α,β-unsaturated/α-hetero) is 1. The van der Waals surface area contributed by atoms with Crippen molar-refractivity contribution >= 4 is 5.78 Å². The van der Waals surface area contributed by atoms with E-state index in [0.29, 0.717) is 17.1 Å². The van der Waals surface area contributed by atoms with Crippen molar-refractivity contribution in [2.24, 2.45) is 0 Å². The number of carbonyl (C=O) groups excluding carboxylic acids is 1. The predicted octanol–water partition coefficient (Wildman–Crippen LogP) is 3.75. The van der Waals surface area contributed by atoms with Crippen molar-refractivity contribution in [3.05, 3.63) is 59.9 Å². The molecule has 0 atom stereocenters. The van der Waals surface area contributed by atoms with Gasteiger partial charge in [-0.1, -0.05) is 18.2 Å². The Kier molecular flexibility index (Phi) is 3.72. The van der Waals surface area contributed by atoms with Crippen molar-refractivity contribution in [1.29, 1.82) is 0 Å². The Morgan fingerprint density at radius 1 is 1.17 bits per heavy atom. The first-order valence-electron chi connectivity index (χ1n) is 5.66. The van der Waals surface area contributed by atoms with E-state index in [-0.39, 0.29) is 18.0 Å². The molecule has 0 fully saturated rings. The molecule has 0 heterocycles. The lowest BCUT2D eigenvalue weighted by Crippen LogP contribution is -2.00. The first-order chi connectivity index (χ1) is 8.65. The average molecular weight is 244 g/mol. The number of hydrogen-bond acceptors (Lipinski definition) is 2. The number of carbonyl (C=O) groups is 1. The third-order valence-corrected chi connectivity index (χ3v) is 2.43. The normalized spacial score (nSPS) is 10.1. The van der Waals surface area contributed by atoms with Gasteiger partial charge in [-0.25, -0.2) is 4.39 Å². The lowest BCUT2D eigenvalue weighted by molar-refractivity contribution is -0.116. The summed E-state index contributed by atoms with van der Waals surface area (Å²) in [5.41, 5.74) is 0.561. The van der Waals surface area contributed by atoms with Gasteiger partial charge in [0.1, 0.15) is 23.1 Å². The molecule has 0 saturated carbocycles. The molecular formula is C15H13FO2. The molecule has 0 radical (unpaired) electrons. The highest BCUT2D eigenvalue weighted by Gasteiger charge is 2.08. The third-order valence-electron chi connectivity index (χ3n) is 2.43. The molecule has 92 valence electrons. The second-order valence-corrected chi connectivity index (χ2v) is 4.05. The Morgan fingerprint density at radius 3 is 2.56 bits per heavy atom. The fraction of sp³-hybridized carbons (Fsp3) is 0.133. The maximum atomic E-state index is 13.2. The van der Waals surface area contributed by atoms with Gasteiger partial charge in [0.25, 0.3) is 0 Å². The zero-order chi connectivity index (χ0) is 13.0. The topological polar surface area (TPSA) is 26.3 Å². The lowest BCUT2D eigenvalue weighted by atomic mass is 10.1. The van der Waals surface area contributed by atoms with Crippen LogP contribution >= 0.6 is 0 Å². The van der Waals surface area contributed by atoms with Crippen LogP contribution in [0.5, 0.6) is 11.5 Å². The second kappa shape index (κ2) is 5.45. The van der Waals surface area contributed by atoms with Crippen molar-refractivity contribution in [1.82, 2.24) is 0 Å². The minimum atomic E-state index is -0.369. The molecule has 2 aromatic carbocycles. The number of para-hydroxylation sites is 1. The number of ketones is 1. The van der Waals surface area contributed by atoms with Gasteiger partial charge in [-0.15, -0.1) is 0 Å². The zero-order valence-electron chi connectivity index (χ0n) is 10.0. The molecule has 0 aliphatic rings. The van der Waals surface area contributed by atoms with Crippen LogP contribution < -0.4 is 4.74 Å². The molecule has 3 heteroatoms. The first-order valence-corrected chi connectivity index (χ1v) is 5.66. The molecule has 0 unspecified atom stereocenters. The molecule has 2 nitrogen and oxygen atoms in total. The summed E-state index contributed by atoms with van der Waals surface area (Å²) in [7, 11) is 0. The molecule has 0 N–H and O–H groups in total. The van der Waals surface area contributed by atoms with Crippen molar-refractivity contribution in [3.63, 3.8) is 0 Å². The summed E-state index contributed by atoms with van der Waals surface area (Å²) in [6.07, 6.45) is 0.167. The number of ether oxygens (including phenoxy) is 1. The summed E-state index contributed by atoms with van der Waals surface area (Å²) in [6.45, 7) is 1.47. The van der Waals surface area contributed by atoms with Crippen molar-refractivity contribution in [2.75, 3.05) is 0 Å². The van der Waals surface area contributed by atoms with Gasteiger partial charge in [-0.2, -0.15) is 0 Å². The van der Waals surface area contributed by atoms with Gasteiger partial charge >= 0.3 is 0 Å². The van der Waals surface area contributed by atoms with E-state index in [1.807, 2.05) is 18.2 Å². The van der Waals surface area contributed by atoms with E-state index in [0.717, 1.165) is 0 Å². The van der Waals surface area contributed by atoms with Crippen LogP contribution in [0, 0.1) is 5.82 Å². The molecule has 0 aromatic heterocycles. The van der Waals surface area contributed by atoms with Crippen LogP contribution in [-0.4, -0.2) is 5.78 Å². The Bertz CT molecular complexity index is 550. The van der Waals surface area contributed by atoms with Gasteiger partial charge in [0, 0.05) is 12.0 Å². The molecule has 0 spiro atoms. The predicted molar refractivity (Wildman–Crippen MR) is 67.3 cm³/mol. The summed E-state index contributed by atoms with van der Waals surface area (Å²) in [4.78, 5) is 11.2. The van der Waals surface area contributed by atoms with Crippen LogP contribution in [0.25, 0.3) is 0 Å². The smallest absolute Gasteiger partial charge is 0.134 e. The summed E-state index contributed by atoms with van der Waals surface area (Å²) < 4.78 is 18.8. The van der Waals surface area contributed by atoms with E-state index in [2.05, 4.69) is 0 Å². The Labute approximate surface area is 105 Å². The van der Waals surface area contributed by atoms with E-state index in [4.69, 9.17) is 4.74 Å². The lowest BCUT2D eigenvalue weighted by Gasteiger charge is -2.10. The number of hydrogen-bond donors (Lipinski definition) is 0. The number of halogens is 1. The summed E-state index contributed by atoms with van der Waals surface area (Å²) >= 11 is 0. The largest absolute Gasteiger partial charge is 0.457 e. The first kappa shape index (κ1) is 12.3. The van der Waals surface area contributed by atoms with Crippen LogP contribution in [0.4, 0.5) is 4.39 Å². The third kappa shape index (κ3) is 3.17. The quantitative estimate of drug-likeness (QED) is 0.818. The van der Waals surface area contributed by atoms with Crippen LogP contribution in [0.2, 0.25) is 0 Å². The second-order valence-electron chi connectivity index (χ2n) is 4.05. The highest BCUT2D eigenvalue weighted by atomic mass is 19.1. The van der Waals surface area contributed by atoms with E-state index in [1.54, 1.807) is 18.2 Å². The Morgan fingerprint density at radius 2 is 1.89 bits per heavy atom. The maximum absolute atomic E-state index is 13.2. The molecule has 0 aliphatic heterocycles. The average Bonchev–Trinajstić information content (AvgIpc) is 2.33. The van der Waals surface area contributed by atoms with Gasteiger partial charge < -0.3 is 4.74 Å². The molecule has 0 aliphatic carbocycles. The van der Waals surface area contributed by atoms with Gasteiger partial charge in [-0.05, 0) is 37.3 Å². The van der Waals surface area contributed by atoms with Gasteiger partial charge in [-0.3, -0.25) is 4.79 Å². The highest BCUT2D eigenvalue weighted by molar-refractivity contribution is 5.79. The van der Waals surface area contributed by atoms with Crippen LogP contribution in [0.3, 0.4) is 0 Å². The van der Waals surface area contributed by atoms with E-state index < -0.39 is 0 Å². The molecule has 0 amide bonds. The van der Waals surface area contributed by atoms with Crippen molar-refractivity contribution in [2.45, 2.75) is 13.3 Å². The maximum Gasteiger partial charge on any atom is 0.134 e. The van der Waals surface area contributed by atoms with Crippen molar-refractivity contribution < 1.29 is 13.9 Å². The molecular weight excluding hydrogens is 231 g/mol. The minimum absolute atomic E-state index is 0.0292. The molecule has 0 bridgehead atoms. The fourth-order valence-corrected chi connectivity index (χ4v) is 1.67. The van der Waals surface area contributed by atoms with Crippen LogP contribution in [0.1, 0.15) is 12.5 Å². The summed E-state index contributed by atoms with van der Waals surface area (Å²) in [6, 6.07) is 13.4. The molecule has 0 saturated heterocycles. The number of rotatable bonds is 4. The van der Waals surface area contributed by atoms with Crippen LogP contribution in [-0.2, 0) is 11.2 Å². The summed E-state index contributed by atoms with van der Waals surface area (Å²) in [5.74, 6) is 0.775. The standard InChI is InChI=1S/C15H13FO2/c1-11(17)9-12-10-13(16)7-8-15(12)18-14-5-3-2-4-6-14/h2-8,10H,9H2,1H3. The van der Waals surface area contributed by atoms with Crippen molar-refractivity contribution in [3.8, 4) is 11.5 Å². The van der Waals surface area contributed by atoms with Gasteiger partial charge in [0.05, 0.1) is 0 Å². The van der Waals surface area contributed by atoms with Gasteiger partial charge in [0.15, 0.2) is 0 Å². The Hall–Kier alpha value is -2.16. The highest BCUT2D eigenvalue weighted by Crippen LogP contribution is 2.26. The fourth-order valence-electron chi connectivity index (χ4n) is 1.67. The Balaban J connectivity index is 2.29. The number of benzene rings is 2. The van der Waals surface area contributed by atoms with Gasteiger partial charge in [0.2, 0.25) is 0 Å².